The number of carbonyl (C=O) groups excluding carboxylic acids is 1. The summed E-state index contributed by atoms with van der Waals surface area (Å²) in [5.41, 5.74) is -0.836. The molecular weight excluding hydrogens is 289 g/mol. The predicted octanol–water partition coefficient (Wildman–Crippen LogP) is 1.73. The standard InChI is InChI=1S/C13H15F3N2O3/c1-9(19)18-4-5-20-8-11(7-18)21-12-3-2-10(6-17-12)13(14,15)16/h2-3,6,11H,4-5,7-8H2,1H3/t11-/m1/s1. The SMILES string of the molecule is CC(=O)N1CCOC[C@H](Oc2ccc(C(F)(F)F)cn2)C1. The second-order valence-electron chi connectivity index (χ2n) is 4.66. The van der Waals surface area contributed by atoms with Crippen LogP contribution in [0.2, 0.25) is 0 Å². The smallest absolute Gasteiger partial charge is 0.417 e. The van der Waals surface area contributed by atoms with Crippen molar-refractivity contribution in [3.63, 3.8) is 0 Å². The molecule has 0 unspecified atom stereocenters. The zero-order valence-electron chi connectivity index (χ0n) is 11.4. The highest BCUT2D eigenvalue weighted by Crippen LogP contribution is 2.29. The molecule has 5 nitrogen and oxygen atoms in total. The Morgan fingerprint density at radius 2 is 2.24 bits per heavy atom. The van der Waals surface area contributed by atoms with Crippen molar-refractivity contribution >= 4 is 5.91 Å². The van der Waals surface area contributed by atoms with E-state index in [0.717, 1.165) is 18.3 Å². The zero-order valence-corrected chi connectivity index (χ0v) is 11.4. The van der Waals surface area contributed by atoms with E-state index >= 15 is 0 Å². The Hall–Kier alpha value is -1.83. The van der Waals surface area contributed by atoms with Gasteiger partial charge in [0.1, 0.15) is 6.10 Å². The van der Waals surface area contributed by atoms with Crippen molar-refractivity contribution in [1.29, 1.82) is 0 Å². The summed E-state index contributed by atoms with van der Waals surface area (Å²) in [5.74, 6) is -0.0310. The summed E-state index contributed by atoms with van der Waals surface area (Å²) in [7, 11) is 0. The van der Waals surface area contributed by atoms with Crippen molar-refractivity contribution in [2.24, 2.45) is 0 Å². The molecule has 1 atom stereocenters. The summed E-state index contributed by atoms with van der Waals surface area (Å²) in [6.45, 7) is 2.89. The molecule has 1 aromatic heterocycles. The predicted molar refractivity (Wildman–Crippen MR) is 66.7 cm³/mol. The second-order valence-corrected chi connectivity index (χ2v) is 4.66. The number of nitrogens with zero attached hydrogens (tertiary/aromatic N) is 2. The first-order valence-electron chi connectivity index (χ1n) is 6.39. The molecular formula is C13H15F3N2O3. The van der Waals surface area contributed by atoms with Gasteiger partial charge in [0.05, 0.1) is 25.3 Å². The van der Waals surface area contributed by atoms with Crippen LogP contribution in [0.3, 0.4) is 0 Å². The first-order chi connectivity index (χ1) is 9.86. The third-order valence-corrected chi connectivity index (χ3v) is 3.03. The summed E-state index contributed by atoms with van der Waals surface area (Å²) < 4.78 is 48.1. The average Bonchev–Trinajstić information content (AvgIpc) is 2.64. The van der Waals surface area contributed by atoms with Crippen molar-refractivity contribution in [2.75, 3.05) is 26.3 Å². The number of aromatic nitrogens is 1. The highest BCUT2D eigenvalue weighted by atomic mass is 19.4. The van der Waals surface area contributed by atoms with E-state index < -0.39 is 17.8 Å². The van der Waals surface area contributed by atoms with Crippen LogP contribution in [0.4, 0.5) is 13.2 Å². The Kier molecular flexibility index (Phi) is 4.66. The van der Waals surface area contributed by atoms with Crippen molar-refractivity contribution in [3.8, 4) is 5.88 Å². The van der Waals surface area contributed by atoms with E-state index in [9.17, 15) is 18.0 Å². The van der Waals surface area contributed by atoms with Gasteiger partial charge in [-0.1, -0.05) is 0 Å². The van der Waals surface area contributed by atoms with Gasteiger partial charge in [0.15, 0.2) is 0 Å². The van der Waals surface area contributed by atoms with E-state index in [1.165, 1.54) is 6.92 Å². The molecule has 0 bridgehead atoms. The van der Waals surface area contributed by atoms with Crippen molar-refractivity contribution < 1.29 is 27.4 Å². The fourth-order valence-electron chi connectivity index (χ4n) is 1.93. The molecule has 8 heteroatoms. The summed E-state index contributed by atoms with van der Waals surface area (Å²) >= 11 is 0. The molecule has 1 aliphatic heterocycles. The van der Waals surface area contributed by atoms with Crippen LogP contribution >= 0.6 is 0 Å². The van der Waals surface area contributed by atoms with Crippen LogP contribution in [0.15, 0.2) is 18.3 Å². The van der Waals surface area contributed by atoms with Gasteiger partial charge in [0, 0.05) is 25.7 Å². The minimum absolute atomic E-state index is 0.0713. The molecule has 0 radical (unpaired) electrons. The Morgan fingerprint density at radius 1 is 1.48 bits per heavy atom. The third-order valence-electron chi connectivity index (χ3n) is 3.03. The molecule has 116 valence electrons. The van der Waals surface area contributed by atoms with Crippen LogP contribution in [0.5, 0.6) is 5.88 Å². The molecule has 2 rings (SSSR count). The quantitative estimate of drug-likeness (QED) is 0.835. The highest BCUT2D eigenvalue weighted by molar-refractivity contribution is 5.73. The minimum Gasteiger partial charge on any atom is -0.470 e. The van der Waals surface area contributed by atoms with Gasteiger partial charge in [-0.25, -0.2) is 4.98 Å². The molecule has 0 aromatic carbocycles. The number of hydrogen-bond acceptors (Lipinski definition) is 4. The van der Waals surface area contributed by atoms with Crippen LogP contribution in [0, 0.1) is 0 Å². The molecule has 2 heterocycles. The van der Waals surface area contributed by atoms with Crippen molar-refractivity contribution in [2.45, 2.75) is 19.2 Å². The number of alkyl halides is 3. The Morgan fingerprint density at radius 3 is 2.81 bits per heavy atom. The van der Waals surface area contributed by atoms with Crippen LogP contribution in [0.1, 0.15) is 12.5 Å². The minimum atomic E-state index is -4.43. The number of hydrogen-bond donors (Lipinski definition) is 0. The number of pyridine rings is 1. The van der Waals surface area contributed by atoms with Crippen LogP contribution in [-0.4, -0.2) is 48.2 Å². The Labute approximate surface area is 119 Å². The lowest BCUT2D eigenvalue weighted by Gasteiger charge is -2.22. The number of ether oxygens (including phenoxy) is 2. The fourth-order valence-corrected chi connectivity index (χ4v) is 1.93. The van der Waals surface area contributed by atoms with Gasteiger partial charge in [-0.05, 0) is 6.07 Å². The molecule has 0 spiro atoms. The van der Waals surface area contributed by atoms with Crippen LogP contribution in [-0.2, 0) is 15.7 Å². The molecule has 0 aliphatic carbocycles. The molecule has 1 fully saturated rings. The van der Waals surface area contributed by atoms with Gasteiger partial charge in [-0.2, -0.15) is 13.2 Å². The number of carbonyl (C=O) groups is 1. The number of rotatable bonds is 2. The normalized spacial score (nSPS) is 20.0. The topological polar surface area (TPSA) is 51.7 Å². The zero-order chi connectivity index (χ0) is 15.5. The first kappa shape index (κ1) is 15.6. The fraction of sp³-hybridized carbons (Fsp3) is 0.538. The summed E-state index contributed by atoms with van der Waals surface area (Å²) in [6.07, 6.45) is -4.17. The van der Waals surface area contributed by atoms with E-state index in [1.807, 2.05) is 0 Å². The molecule has 1 aromatic rings. The Balaban J connectivity index is 2.01. The van der Waals surface area contributed by atoms with E-state index in [4.69, 9.17) is 9.47 Å². The monoisotopic (exact) mass is 304 g/mol. The van der Waals surface area contributed by atoms with Gasteiger partial charge in [-0.15, -0.1) is 0 Å². The van der Waals surface area contributed by atoms with Crippen molar-refractivity contribution in [3.05, 3.63) is 23.9 Å². The molecule has 21 heavy (non-hydrogen) atoms. The largest absolute Gasteiger partial charge is 0.470 e. The Bertz CT molecular complexity index is 490. The lowest BCUT2D eigenvalue weighted by atomic mass is 10.3. The summed E-state index contributed by atoms with van der Waals surface area (Å²) in [5, 5.41) is 0. The second kappa shape index (κ2) is 6.30. The molecule has 0 saturated carbocycles. The van der Waals surface area contributed by atoms with Gasteiger partial charge < -0.3 is 14.4 Å². The number of halogens is 3. The first-order valence-corrected chi connectivity index (χ1v) is 6.39. The summed E-state index contributed by atoms with van der Waals surface area (Å²) in [4.78, 5) is 16.6. The lowest BCUT2D eigenvalue weighted by molar-refractivity contribution is -0.138. The number of amides is 1. The van der Waals surface area contributed by atoms with Crippen LogP contribution in [0.25, 0.3) is 0 Å². The maximum Gasteiger partial charge on any atom is 0.417 e. The molecule has 1 saturated heterocycles. The molecule has 0 N–H and O–H groups in total. The molecule has 1 amide bonds. The van der Waals surface area contributed by atoms with E-state index in [0.29, 0.717) is 19.7 Å². The van der Waals surface area contributed by atoms with Gasteiger partial charge in [-0.3, -0.25) is 4.79 Å². The van der Waals surface area contributed by atoms with E-state index in [-0.39, 0.29) is 18.4 Å². The van der Waals surface area contributed by atoms with Crippen LogP contribution < -0.4 is 4.74 Å². The molecule has 1 aliphatic rings. The van der Waals surface area contributed by atoms with Gasteiger partial charge >= 0.3 is 6.18 Å². The van der Waals surface area contributed by atoms with E-state index in [2.05, 4.69) is 4.98 Å². The summed E-state index contributed by atoms with van der Waals surface area (Å²) in [6, 6.07) is 2.06. The lowest BCUT2D eigenvalue weighted by Crippen LogP contribution is -2.38. The van der Waals surface area contributed by atoms with Gasteiger partial charge in [0.2, 0.25) is 11.8 Å². The van der Waals surface area contributed by atoms with Gasteiger partial charge in [0.25, 0.3) is 0 Å². The third kappa shape index (κ3) is 4.32. The van der Waals surface area contributed by atoms with Crippen molar-refractivity contribution in [1.82, 2.24) is 9.88 Å². The van der Waals surface area contributed by atoms with E-state index in [1.54, 1.807) is 4.90 Å². The highest BCUT2D eigenvalue weighted by Gasteiger charge is 2.31. The maximum atomic E-state index is 12.4. The maximum absolute atomic E-state index is 12.4. The average molecular weight is 304 g/mol.